The fourth-order valence-electron chi connectivity index (χ4n) is 8.03. The summed E-state index contributed by atoms with van der Waals surface area (Å²) in [5.41, 5.74) is 13.4. The van der Waals surface area contributed by atoms with E-state index in [0.717, 1.165) is 66.4 Å². The second-order valence-electron chi connectivity index (χ2n) is 14.3. The lowest BCUT2D eigenvalue weighted by atomic mass is 9.81. The molecule has 2 heterocycles. The maximum atomic E-state index is 9.70. The number of benzene rings is 7. The van der Waals surface area contributed by atoms with Crippen molar-refractivity contribution in [1.82, 2.24) is 15.0 Å². The molecule has 10 rings (SSSR count). The monoisotopic (exact) mass is 692 g/mol. The van der Waals surface area contributed by atoms with Crippen LogP contribution in [0.2, 0.25) is 0 Å². The van der Waals surface area contributed by atoms with Gasteiger partial charge >= 0.3 is 0 Å². The quantitative estimate of drug-likeness (QED) is 0.179. The highest BCUT2D eigenvalue weighted by atomic mass is 16.3. The van der Waals surface area contributed by atoms with Gasteiger partial charge in [0.15, 0.2) is 17.5 Å². The Morgan fingerprint density at radius 1 is 0.481 bits per heavy atom. The van der Waals surface area contributed by atoms with Crippen molar-refractivity contribution in [2.75, 3.05) is 0 Å². The number of fused-ring (bicyclic) bond motifs is 6. The first-order chi connectivity index (χ1) is 26.5. The number of para-hydroxylation sites is 1. The molecule has 0 fully saturated rings. The Labute approximate surface area is 312 Å². The summed E-state index contributed by atoms with van der Waals surface area (Å²) >= 11 is 0. The molecule has 5 nitrogen and oxygen atoms in total. The molecule has 0 aliphatic heterocycles. The predicted molar refractivity (Wildman–Crippen MR) is 217 cm³/mol. The summed E-state index contributed by atoms with van der Waals surface area (Å²) in [5.74, 6) is 1.69. The Balaban J connectivity index is 1.23. The van der Waals surface area contributed by atoms with Gasteiger partial charge in [-0.15, -0.1) is 0 Å². The lowest BCUT2D eigenvalue weighted by molar-refractivity contribution is 0.660. The van der Waals surface area contributed by atoms with Gasteiger partial charge in [-0.2, -0.15) is 5.26 Å². The molecule has 7 aromatic carbocycles. The van der Waals surface area contributed by atoms with Crippen molar-refractivity contribution in [1.29, 1.82) is 5.26 Å². The Bertz CT molecular complexity index is 2970. The first-order valence-electron chi connectivity index (χ1n) is 18.1. The zero-order valence-electron chi connectivity index (χ0n) is 29.7. The summed E-state index contributed by atoms with van der Waals surface area (Å²) in [5, 5.41) is 11.7. The number of hydrogen-bond acceptors (Lipinski definition) is 5. The predicted octanol–water partition coefficient (Wildman–Crippen LogP) is 12.3. The van der Waals surface area contributed by atoms with Crippen LogP contribution >= 0.6 is 0 Å². The van der Waals surface area contributed by atoms with E-state index in [1.54, 1.807) is 0 Å². The molecule has 1 aliphatic rings. The minimum absolute atomic E-state index is 0.304. The first kappa shape index (κ1) is 31.6. The Hall–Kier alpha value is -7.16. The second-order valence-corrected chi connectivity index (χ2v) is 14.3. The van der Waals surface area contributed by atoms with Crippen molar-refractivity contribution in [3.05, 3.63) is 174 Å². The molecule has 5 heteroatoms. The Morgan fingerprint density at radius 3 is 1.87 bits per heavy atom. The van der Waals surface area contributed by atoms with E-state index in [0.29, 0.717) is 23.0 Å². The van der Waals surface area contributed by atoms with Crippen LogP contribution in [0.25, 0.3) is 89.5 Å². The summed E-state index contributed by atoms with van der Waals surface area (Å²) in [6.07, 6.45) is 0. The molecule has 254 valence electrons. The molecule has 2 aromatic heterocycles. The van der Waals surface area contributed by atoms with Crippen LogP contribution in [0.15, 0.2) is 162 Å². The van der Waals surface area contributed by atoms with E-state index >= 15 is 0 Å². The summed E-state index contributed by atoms with van der Waals surface area (Å²) in [7, 11) is 0. The van der Waals surface area contributed by atoms with E-state index in [1.807, 2.05) is 66.7 Å². The molecule has 54 heavy (non-hydrogen) atoms. The molecule has 0 saturated carbocycles. The van der Waals surface area contributed by atoms with Gasteiger partial charge in [0.1, 0.15) is 11.2 Å². The molecule has 0 bridgehead atoms. The molecule has 0 N–H and O–H groups in total. The minimum atomic E-state index is -0.304. The Morgan fingerprint density at radius 2 is 1.09 bits per heavy atom. The number of furan rings is 1. The number of aromatic nitrogens is 3. The van der Waals surface area contributed by atoms with Crippen molar-refractivity contribution in [2.24, 2.45) is 0 Å². The normalized spacial score (nSPS) is 12.8. The van der Waals surface area contributed by atoms with Gasteiger partial charge in [0.05, 0.1) is 17.2 Å². The van der Waals surface area contributed by atoms with E-state index in [4.69, 9.17) is 19.4 Å². The topological polar surface area (TPSA) is 75.6 Å². The largest absolute Gasteiger partial charge is 0.455 e. The molecule has 0 spiro atoms. The van der Waals surface area contributed by atoms with Gasteiger partial charge < -0.3 is 4.42 Å². The van der Waals surface area contributed by atoms with Crippen LogP contribution in [0.4, 0.5) is 0 Å². The summed E-state index contributed by atoms with van der Waals surface area (Å²) in [6, 6.07) is 56.3. The molecular weight excluding hydrogens is 661 g/mol. The van der Waals surface area contributed by atoms with Crippen molar-refractivity contribution in [2.45, 2.75) is 19.3 Å². The standard InChI is InChI=1S/C49H32N4O/c1-49(2)41-26-30(29-50)20-22-37(41)38-23-21-34(28-42(38)49)36-24-25-40-39-18-9-10-19-43(39)54-45(40)44(36)48-52-46(32-14-7-4-8-15-32)51-47(53-48)35-17-11-16-33(27-35)31-12-5-3-6-13-31/h3-28H,1-2H3. The zero-order chi connectivity index (χ0) is 36.4. The molecule has 0 amide bonds. The Kier molecular flexibility index (Phi) is 7.14. The molecule has 9 aromatic rings. The van der Waals surface area contributed by atoms with Crippen LogP contribution in [0.1, 0.15) is 30.5 Å². The van der Waals surface area contributed by atoms with E-state index < -0.39 is 0 Å². The van der Waals surface area contributed by atoms with Gasteiger partial charge in [0.25, 0.3) is 0 Å². The van der Waals surface area contributed by atoms with Crippen LogP contribution in [-0.2, 0) is 5.41 Å². The SMILES string of the molecule is CC1(C)c2cc(C#N)ccc2-c2ccc(-c3ccc4c(oc5ccccc54)c3-c3nc(-c4ccccc4)nc(-c4cccc(-c5ccccc5)c4)n3)cc21. The fourth-order valence-corrected chi connectivity index (χ4v) is 8.03. The second kappa shape index (κ2) is 12.2. The van der Waals surface area contributed by atoms with E-state index in [1.165, 1.54) is 16.7 Å². The highest BCUT2D eigenvalue weighted by molar-refractivity contribution is 6.12. The highest BCUT2D eigenvalue weighted by Crippen LogP contribution is 2.51. The number of rotatable bonds is 5. The third-order valence-electron chi connectivity index (χ3n) is 10.8. The lowest BCUT2D eigenvalue weighted by Gasteiger charge is -2.22. The number of hydrogen-bond donors (Lipinski definition) is 0. The van der Waals surface area contributed by atoms with Crippen LogP contribution in [-0.4, -0.2) is 15.0 Å². The highest BCUT2D eigenvalue weighted by Gasteiger charge is 2.36. The van der Waals surface area contributed by atoms with Crippen LogP contribution in [0, 0.1) is 11.3 Å². The smallest absolute Gasteiger partial charge is 0.168 e. The number of nitriles is 1. The summed E-state index contributed by atoms with van der Waals surface area (Å²) in [4.78, 5) is 15.6. The molecule has 0 unspecified atom stereocenters. The van der Waals surface area contributed by atoms with Gasteiger partial charge in [-0.05, 0) is 80.9 Å². The van der Waals surface area contributed by atoms with Gasteiger partial charge in [-0.1, -0.05) is 135 Å². The maximum Gasteiger partial charge on any atom is 0.168 e. The first-order valence-corrected chi connectivity index (χ1v) is 18.1. The minimum Gasteiger partial charge on any atom is -0.455 e. The molecule has 0 radical (unpaired) electrons. The van der Waals surface area contributed by atoms with Crippen molar-refractivity contribution in [3.8, 4) is 73.6 Å². The molecule has 0 atom stereocenters. The van der Waals surface area contributed by atoms with Gasteiger partial charge in [-0.25, -0.2) is 15.0 Å². The zero-order valence-corrected chi connectivity index (χ0v) is 29.7. The van der Waals surface area contributed by atoms with Gasteiger partial charge in [0, 0.05) is 27.3 Å². The van der Waals surface area contributed by atoms with Crippen molar-refractivity contribution >= 4 is 21.9 Å². The number of nitrogens with zero attached hydrogens (tertiary/aromatic N) is 4. The fraction of sp³-hybridized carbons (Fsp3) is 0.0612. The van der Waals surface area contributed by atoms with E-state index in [9.17, 15) is 5.26 Å². The van der Waals surface area contributed by atoms with Crippen LogP contribution in [0.5, 0.6) is 0 Å². The maximum absolute atomic E-state index is 9.70. The van der Waals surface area contributed by atoms with E-state index in [-0.39, 0.29) is 5.41 Å². The third kappa shape index (κ3) is 5.03. The summed E-state index contributed by atoms with van der Waals surface area (Å²) < 4.78 is 6.75. The van der Waals surface area contributed by atoms with E-state index in [2.05, 4.69) is 111 Å². The average Bonchev–Trinajstić information content (AvgIpc) is 3.72. The summed E-state index contributed by atoms with van der Waals surface area (Å²) in [6.45, 7) is 4.47. The average molecular weight is 693 g/mol. The van der Waals surface area contributed by atoms with Crippen LogP contribution < -0.4 is 0 Å². The lowest BCUT2D eigenvalue weighted by Crippen LogP contribution is -2.15. The van der Waals surface area contributed by atoms with Crippen molar-refractivity contribution in [3.63, 3.8) is 0 Å². The molecule has 1 aliphatic carbocycles. The van der Waals surface area contributed by atoms with Gasteiger partial charge in [-0.3, -0.25) is 0 Å². The molecule has 0 saturated heterocycles. The molecular formula is C49H32N4O. The van der Waals surface area contributed by atoms with Gasteiger partial charge in [0.2, 0.25) is 0 Å². The van der Waals surface area contributed by atoms with Crippen LogP contribution in [0.3, 0.4) is 0 Å². The van der Waals surface area contributed by atoms with Crippen molar-refractivity contribution < 1.29 is 4.42 Å². The third-order valence-corrected chi connectivity index (χ3v) is 10.8.